The number of rotatable bonds is 9. The minimum atomic E-state index is -0.867. The molecule has 0 bridgehead atoms. The highest BCUT2D eigenvalue weighted by atomic mass is 16.5. The Morgan fingerprint density at radius 3 is 2.50 bits per heavy atom. The average molecular weight is 440 g/mol. The van der Waals surface area contributed by atoms with E-state index in [0.717, 1.165) is 23.5 Å². The minimum absolute atomic E-state index is 0.179. The van der Waals surface area contributed by atoms with Gasteiger partial charge in [0.15, 0.2) is 6.61 Å². The maximum Gasteiger partial charge on any atom is 0.349 e. The summed E-state index contributed by atoms with van der Waals surface area (Å²) in [6, 6.07) is 8.71. The summed E-state index contributed by atoms with van der Waals surface area (Å²) in [7, 11) is 2.98. The van der Waals surface area contributed by atoms with Gasteiger partial charge in [0, 0.05) is 24.0 Å². The fourth-order valence-electron chi connectivity index (χ4n) is 3.22. The smallest absolute Gasteiger partial charge is 0.349 e. The van der Waals surface area contributed by atoms with Crippen molar-refractivity contribution >= 4 is 23.6 Å². The zero-order valence-electron chi connectivity index (χ0n) is 19.3. The molecule has 0 spiro atoms. The molecule has 2 aromatic rings. The van der Waals surface area contributed by atoms with Gasteiger partial charge in [-0.15, -0.1) is 0 Å². The van der Waals surface area contributed by atoms with E-state index in [9.17, 15) is 14.9 Å². The first kappa shape index (κ1) is 24.5. The number of nitriles is 1. The third-order valence-corrected chi connectivity index (χ3v) is 4.82. The van der Waals surface area contributed by atoms with Crippen LogP contribution in [0.2, 0.25) is 0 Å². The molecule has 1 aromatic heterocycles. The van der Waals surface area contributed by atoms with E-state index in [1.54, 1.807) is 18.2 Å². The van der Waals surface area contributed by atoms with Gasteiger partial charge in [-0.25, -0.2) is 4.79 Å². The lowest BCUT2D eigenvalue weighted by atomic mass is 10.1. The number of methoxy groups -OCH3 is 2. The van der Waals surface area contributed by atoms with E-state index >= 15 is 0 Å². The number of aryl methyl sites for hydroxylation is 1. The van der Waals surface area contributed by atoms with Crippen LogP contribution in [0.25, 0.3) is 6.08 Å². The molecule has 170 valence electrons. The van der Waals surface area contributed by atoms with Crippen LogP contribution < -0.4 is 14.8 Å². The van der Waals surface area contributed by atoms with Crippen molar-refractivity contribution in [2.75, 3.05) is 26.1 Å². The van der Waals surface area contributed by atoms with Crippen molar-refractivity contribution in [3.8, 4) is 17.6 Å². The normalized spacial score (nSPS) is 11.1. The molecule has 2 rings (SSSR count). The molecule has 0 saturated heterocycles. The summed E-state index contributed by atoms with van der Waals surface area (Å²) in [5, 5.41) is 12.0. The molecule has 1 heterocycles. The molecule has 0 aliphatic rings. The van der Waals surface area contributed by atoms with E-state index in [1.807, 2.05) is 26.0 Å². The number of hydrogen-bond acceptors (Lipinski definition) is 6. The number of aromatic nitrogens is 1. The number of carbonyl (C=O) groups excluding carboxylic acids is 2. The number of ether oxygens (including phenoxy) is 3. The van der Waals surface area contributed by atoms with Crippen molar-refractivity contribution in [1.29, 1.82) is 5.26 Å². The summed E-state index contributed by atoms with van der Waals surface area (Å²) >= 11 is 0. The first-order valence-electron chi connectivity index (χ1n) is 10.2. The van der Waals surface area contributed by atoms with Gasteiger partial charge in [0.05, 0.1) is 19.9 Å². The SMILES string of the molecule is COc1ccc(OC)c(NC(=O)COC(=O)C(C#N)=Cc2cc(C)n(CC(C)C)c2C)c1. The van der Waals surface area contributed by atoms with E-state index in [1.165, 1.54) is 20.3 Å². The van der Waals surface area contributed by atoms with Gasteiger partial charge in [-0.3, -0.25) is 4.79 Å². The van der Waals surface area contributed by atoms with Crippen LogP contribution in [0.5, 0.6) is 11.5 Å². The molecule has 0 atom stereocenters. The summed E-state index contributed by atoms with van der Waals surface area (Å²) in [6.07, 6.45) is 1.49. The Hall–Kier alpha value is -3.73. The van der Waals surface area contributed by atoms with Gasteiger partial charge in [0.1, 0.15) is 23.1 Å². The van der Waals surface area contributed by atoms with Crippen molar-refractivity contribution in [2.24, 2.45) is 5.92 Å². The molecule has 0 saturated carbocycles. The lowest BCUT2D eigenvalue weighted by molar-refractivity contribution is -0.142. The largest absolute Gasteiger partial charge is 0.497 e. The van der Waals surface area contributed by atoms with Gasteiger partial charge < -0.3 is 24.1 Å². The Kier molecular flexibility index (Phi) is 8.47. The number of esters is 1. The van der Waals surface area contributed by atoms with Gasteiger partial charge in [0.25, 0.3) is 5.91 Å². The van der Waals surface area contributed by atoms with Gasteiger partial charge in [-0.1, -0.05) is 13.8 Å². The number of nitrogens with zero attached hydrogens (tertiary/aromatic N) is 2. The van der Waals surface area contributed by atoms with Crippen molar-refractivity contribution in [3.63, 3.8) is 0 Å². The van der Waals surface area contributed by atoms with Crippen molar-refractivity contribution < 1.29 is 23.8 Å². The Labute approximate surface area is 188 Å². The molecule has 0 aliphatic heterocycles. The summed E-state index contributed by atoms with van der Waals surface area (Å²) in [6.45, 7) is 8.46. The van der Waals surface area contributed by atoms with Gasteiger partial charge in [0.2, 0.25) is 0 Å². The second-order valence-corrected chi connectivity index (χ2v) is 7.69. The fraction of sp³-hybridized carbons (Fsp3) is 0.375. The second kappa shape index (κ2) is 11.0. The number of anilines is 1. The minimum Gasteiger partial charge on any atom is -0.497 e. The molecular formula is C24H29N3O5. The topological polar surface area (TPSA) is 103 Å². The number of nitrogens with one attached hydrogen (secondary N) is 1. The lowest BCUT2D eigenvalue weighted by Gasteiger charge is -2.12. The highest BCUT2D eigenvalue weighted by Crippen LogP contribution is 2.28. The van der Waals surface area contributed by atoms with Gasteiger partial charge >= 0.3 is 5.97 Å². The molecule has 32 heavy (non-hydrogen) atoms. The number of amides is 1. The Bertz CT molecular complexity index is 1060. The molecular weight excluding hydrogens is 410 g/mol. The number of hydrogen-bond donors (Lipinski definition) is 1. The van der Waals surface area contributed by atoms with Crippen molar-refractivity contribution in [3.05, 3.63) is 46.8 Å². The summed E-state index contributed by atoms with van der Waals surface area (Å²) in [4.78, 5) is 24.7. The zero-order valence-corrected chi connectivity index (χ0v) is 19.3. The Morgan fingerprint density at radius 1 is 1.19 bits per heavy atom. The van der Waals surface area contributed by atoms with Crippen LogP contribution in [0.15, 0.2) is 29.8 Å². The first-order chi connectivity index (χ1) is 15.2. The third-order valence-electron chi connectivity index (χ3n) is 4.82. The van der Waals surface area contributed by atoms with Crippen LogP contribution >= 0.6 is 0 Å². The van der Waals surface area contributed by atoms with Crippen LogP contribution in [0.1, 0.15) is 30.8 Å². The van der Waals surface area contributed by atoms with Crippen molar-refractivity contribution in [2.45, 2.75) is 34.2 Å². The summed E-state index contributed by atoms with van der Waals surface area (Å²) in [5.74, 6) is -0.0207. The monoisotopic (exact) mass is 439 g/mol. The van der Waals surface area contributed by atoms with Gasteiger partial charge in [-0.2, -0.15) is 5.26 Å². The molecule has 0 radical (unpaired) electrons. The molecule has 1 amide bonds. The molecule has 0 aliphatic carbocycles. The fourth-order valence-corrected chi connectivity index (χ4v) is 3.22. The average Bonchev–Trinajstić information content (AvgIpc) is 3.02. The molecule has 8 nitrogen and oxygen atoms in total. The molecule has 1 N–H and O–H groups in total. The first-order valence-corrected chi connectivity index (χ1v) is 10.2. The lowest BCUT2D eigenvalue weighted by Crippen LogP contribution is -2.21. The maximum atomic E-state index is 12.4. The number of benzene rings is 1. The van der Waals surface area contributed by atoms with E-state index in [-0.39, 0.29) is 5.57 Å². The van der Waals surface area contributed by atoms with Crippen LogP contribution in [-0.2, 0) is 20.9 Å². The summed E-state index contributed by atoms with van der Waals surface area (Å²) < 4.78 is 17.5. The quantitative estimate of drug-likeness (QED) is 0.361. The summed E-state index contributed by atoms with van der Waals surface area (Å²) in [5.41, 5.74) is 2.96. The highest BCUT2D eigenvalue weighted by molar-refractivity contribution is 6.00. The maximum absolute atomic E-state index is 12.4. The predicted molar refractivity (Wildman–Crippen MR) is 121 cm³/mol. The molecule has 1 aromatic carbocycles. The van der Waals surface area contributed by atoms with Crippen molar-refractivity contribution in [1.82, 2.24) is 4.57 Å². The third kappa shape index (κ3) is 6.14. The van der Waals surface area contributed by atoms with Gasteiger partial charge in [-0.05, 0) is 49.6 Å². The molecule has 0 fully saturated rings. The molecule has 0 unspecified atom stereocenters. The molecule has 8 heteroatoms. The van der Waals surface area contributed by atoms with Crippen LogP contribution in [-0.4, -0.2) is 37.3 Å². The van der Waals surface area contributed by atoms with E-state index in [4.69, 9.17) is 14.2 Å². The van der Waals surface area contributed by atoms with E-state index in [2.05, 4.69) is 23.7 Å². The Balaban J connectivity index is 2.09. The van der Waals surface area contributed by atoms with Crippen LogP contribution in [0.3, 0.4) is 0 Å². The van der Waals surface area contributed by atoms with Crippen LogP contribution in [0.4, 0.5) is 5.69 Å². The van der Waals surface area contributed by atoms with E-state index < -0.39 is 18.5 Å². The second-order valence-electron chi connectivity index (χ2n) is 7.69. The zero-order chi connectivity index (χ0) is 23.8. The standard InChI is InChI=1S/C24H29N3O5/c1-15(2)13-27-16(3)9-18(17(27)4)10-19(12-25)24(29)32-14-23(28)26-21-11-20(30-5)7-8-22(21)31-6/h7-11,15H,13-14H2,1-6H3,(H,26,28). The Morgan fingerprint density at radius 2 is 1.91 bits per heavy atom. The predicted octanol–water partition coefficient (Wildman–Crippen LogP) is 3.87. The number of carbonyl (C=O) groups is 2. The highest BCUT2D eigenvalue weighted by Gasteiger charge is 2.17. The van der Waals surface area contributed by atoms with Crippen LogP contribution in [0, 0.1) is 31.1 Å². The van der Waals surface area contributed by atoms with E-state index in [0.29, 0.717) is 23.1 Å².